The lowest BCUT2D eigenvalue weighted by Gasteiger charge is -2.06. The molecular weight excluding hydrogens is 289 g/mol. The van der Waals surface area contributed by atoms with Gasteiger partial charge in [0, 0.05) is 16.8 Å². The average molecular weight is 301 g/mol. The van der Waals surface area contributed by atoms with Crippen LogP contribution >= 0.6 is 11.3 Å². The third-order valence-corrected chi connectivity index (χ3v) is 4.58. The molecule has 2 aromatic rings. The Labute approximate surface area is 114 Å². The smallest absolute Gasteiger partial charge is 0.241 e. The highest BCUT2D eigenvalue weighted by Crippen LogP contribution is 2.17. The van der Waals surface area contributed by atoms with Crippen molar-refractivity contribution in [1.82, 2.24) is 9.71 Å². The van der Waals surface area contributed by atoms with E-state index in [-0.39, 0.29) is 17.1 Å². The summed E-state index contributed by atoms with van der Waals surface area (Å²) in [6.07, 6.45) is 1.66. The summed E-state index contributed by atoms with van der Waals surface area (Å²) in [6, 6.07) is 3.19. The fraction of sp³-hybridized carbons (Fsp3) is 0.182. The van der Waals surface area contributed by atoms with Crippen molar-refractivity contribution in [3.8, 4) is 0 Å². The van der Waals surface area contributed by atoms with Gasteiger partial charge in [-0.3, -0.25) is 0 Å². The van der Waals surface area contributed by atoms with Crippen LogP contribution in [0.25, 0.3) is 0 Å². The van der Waals surface area contributed by atoms with Crippen molar-refractivity contribution in [1.29, 1.82) is 0 Å². The molecule has 0 amide bonds. The molecule has 3 N–H and O–H groups in total. The standard InChI is InChI=1S/C11H12FN3O2S2/c1-7-5-14-11(18-7)6-15-19(16,17)10-3-8(12)2-9(13)4-10/h2-5,15H,6,13H2,1H3. The second-order valence-corrected chi connectivity index (χ2v) is 7.00. The van der Waals surface area contributed by atoms with E-state index in [1.807, 2.05) is 6.92 Å². The summed E-state index contributed by atoms with van der Waals surface area (Å²) in [4.78, 5) is 4.83. The molecule has 0 aliphatic rings. The lowest BCUT2D eigenvalue weighted by atomic mass is 10.3. The van der Waals surface area contributed by atoms with Crippen LogP contribution in [0.2, 0.25) is 0 Å². The number of sulfonamides is 1. The minimum atomic E-state index is -3.80. The van der Waals surface area contributed by atoms with Gasteiger partial charge < -0.3 is 5.73 Å². The molecule has 0 atom stereocenters. The van der Waals surface area contributed by atoms with Gasteiger partial charge in [-0.25, -0.2) is 22.5 Å². The molecule has 0 radical (unpaired) electrons. The number of hydrogen-bond donors (Lipinski definition) is 2. The highest BCUT2D eigenvalue weighted by molar-refractivity contribution is 7.89. The zero-order chi connectivity index (χ0) is 14.0. The number of anilines is 1. The number of halogens is 1. The molecule has 1 aromatic heterocycles. The van der Waals surface area contributed by atoms with Gasteiger partial charge in [0.05, 0.1) is 11.4 Å². The molecule has 0 bridgehead atoms. The van der Waals surface area contributed by atoms with E-state index in [0.717, 1.165) is 17.0 Å². The number of nitrogen functional groups attached to an aromatic ring is 1. The number of aryl methyl sites for hydroxylation is 1. The van der Waals surface area contributed by atoms with Crippen LogP contribution in [0.5, 0.6) is 0 Å². The molecule has 102 valence electrons. The Hall–Kier alpha value is -1.51. The Bertz CT molecular complexity index is 677. The number of nitrogens with zero attached hydrogens (tertiary/aromatic N) is 1. The number of benzene rings is 1. The Kier molecular flexibility index (Phi) is 3.83. The second kappa shape index (κ2) is 5.24. The van der Waals surface area contributed by atoms with Crippen molar-refractivity contribution in [2.75, 3.05) is 5.73 Å². The first-order valence-electron chi connectivity index (χ1n) is 5.34. The van der Waals surface area contributed by atoms with Crippen molar-refractivity contribution < 1.29 is 12.8 Å². The maximum Gasteiger partial charge on any atom is 0.241 e. The summed E-state index contributed by atoms with van der Waals surface area (Å²) in [5, 5.41) is 0.644. The van der Waals surface area contributed by atoms with E-state index < -0.39 is 15.8 Å². The summed E-state index contributed by atoms with van der Waals surface area (Å²) in [7, 11) is -3.80. The van der Waals surface area contributed by atoms with Crippen LogP contribution in [0, 0.1) is 12.7 Å². The lowest BCUT2D eigenvalue weighted by Crippen LogP contribution is -2.23. The maximum absolute atomic E-state index is 13.1. The minimum absolute atomic E-state index is 0.0606. The topological polar surface area (TPSA) is 85.1 Å². The minimum Gasteiger partial charge on any atom is -0.399 e. The van der Waals surface area contributed by atoms with Crippen LogP contribution in [-0.2, 0) is 16.6 Å². The number of hydrogen-bond acceptors (Lipinski definition) is 5. The van der Waals surface area contributed by atoms with E-state index in [1.54, 1.807) is 6.20 Å². The molecule has 1 heterocycles. The van der Waals surface area contributed by atoms with Crippen LogP contribution in [0.1, 0.15) is 9.88 Å². The Morgan fingerprint density at radius 1 is 1.42 bits per heavy atom. The predicted octanol–water partition coefficient (Wildman–Crippen LogP) is 1.65. The van der Waals surface area contributed by atoms with Crippen molar-refractivity contribution in [3.05, 3.63) is 40.1 Å². The SMILES string of the molecule is Cc1cnc(CNS(=O)(=O)c2cc(N)cc(F)c2)s1. The molecule has 0 unspecified atom stereocenters. The van der Waals surface area contributed by atoms with Gasteiger partial charge in [0.1, 0.15) is 10.8 Å². The Morgan fingerprint density at radius 2 is 2.16 bits per heavy atom. The van der Waals surface area contributed by atoms with Crippen LogP contribution in [-0.4, -0.2) is 13.4 Å². The van der Waals surface area contributed by atoms with Gasteiger partial charge in [-0.05, 0) is 25.1 Å². The first-order valence-corrected chi connectivity index (χ1v) is 7.64. The summed E-state index contributed by atoms with van der Waals surface area (Å²) in [6.45, 7) is 1.94. The molecule has 0 spiro atoms. The third-order valence-electron chi connectivity index (χ3n) is 2.29. The van der Waals surface area contributed by atoms with Gasteiger partial charge in [-0.1, -0.05) is 0 Å². The Morgan fingerprint density at radius 3 is 2.74 bits per heavy atom. The molecule has 0 fully saturated rings. The van der Waals surface area contributed by atoms with Gasteiger partial charge in [-0.2, -0.15) is 0 Å². The molecular formula is C11H12FN3O2S2. The number of aromatic nitrogens is 1. The normalized spacial score (nSPS) is 11.7. The second-order valence-electron chi connectivity index (χ2n) is 3.91. The molecule has 0 aliphatic carbocycles. The van der Waals surface area contributed by atoms with E-state index in [0.29, 0.717) is 5.01 Å². The van der Waals surface area contributed by atoms with E-state index in [9.17, 15) is 12.8 Å². The molecule has 0 aliphatic heterocycles. The number of nitrogens with two attached hydrogens (primary N) is 1. The Balaban J connectivity index is 2.18. The highest BCUT2D eigenvalue weighted by Gasteiger charge is 2.16. The van der Waals surface area contributed by atoms with Crippen LogP contribution < -0.4 is 10.5 Å². The molecule has 19 heavy (non-hydrogen) atoms. The van der Waals surface area contributed by atoms with E-state index in [2.05, 4.69) is 9.71 Å². The van der Waals surface area contributed by atoms with E-state index in [1.165, 1.54) is 17.4 Å². The van der Waals surface area contributed by atoms with Gasteiger partial charge in [-0.15, -0.1) is 11.3 Å². The molecule has 0 saturated carbocycles. The van der Waals surface area contributed by atoms with Crippen LogP contribution in [0.4, 0.5) is 10.1 Å². The zero-order valence-corrected chi connectivity index (χ0v) is 11.7. The summed E-state index contributed by atoms with van der Waals surface area (Å²) in [5.41, 5.74) is 5.48. The number of rotatable bonds is 4. The first-order chi connectivity index (χ1) is 8.87. The van der Waals surface area contributed by atoms with Crippen molar-refractivity contribution in [2.45, 2.75) is 18.4 Å². The molecule has 2 rings (SSSR count). The monoisotopic (exact) mass is 301 g/mol. The van der Waals surface area contributed by atoms with E-state index in [4.69, 9.17) is 5.73 Å². The van der Waals surface area contributed by atoms with Crippen LogP contribution in [0.3, 0.4) is 0 Å². The molecule has 8 heteroatoms. The summed E-state index contributed by atoms with van der Waals surface area (Å²) < 4.78 is 39.4. The number of nitrogens with one attached hydrogen (secondary N) is 1. The third kappa shape index (κ3) is 3.49. The van der Waals surface area contributed by atoms with E-state index >= 15 is 0 Å². The number of thiazole rings is 1. The first kappa shape index (κ1) is 13.9. The molecule has 5 nitrogen and oxygen atoms in total. The van der Waals surface area contributed by atoms with Gasteiger partial charge in [0.25, 0.3) is 0 Å². The van der Waals surface area contributed by atoms with Crippen molar-refractivity contribution >= 4 is 27.0 Å². The van der Waals surface area contributed by atoms with Crippen LogP contribution in [0.15, 0.2) is 29.3 Å². The van der Waals surface area contributed by atoms with Crippen molar-refractivity contribution in [3.63, 3.8) is 0 Å². The zero-order valence-electron chi connectivity index (χ0n) is 10.1. The fourth-order valence-corrected chi connectivity index (χ4v) is 3.33. The molecule has 1 aromatic carbocycles. The largest absolute Gasteiger partial charge is 0.399 e. The van der Waals surface area contributed by atoms with Gasteiger partial charge in [0.2, 0.25) is 10.0 Å². The maximum atomic E-state index is 13.1. The quantitative estimate of drug-likeness (QED) is 0.841. The lowest BCUT2D eigenvalue weighted by molar-refractivity contribution is 0.577. The molecule has 0 saturated heterocycles. The fourth-order valence-electron chi connectivity index (χ4n) is 1.46. The summed E-state index contributed by atoms with van der Waals surface area (Å²) in [5.74, 6) is -0.689. The van der Waals surface area contributed by atoms with Gasteiger partial charge in [0.15, 0.2) is 0 Å². The van der Waals surface area contributed by atoms with Gasteiger partial charge >= 0.3 is 0 Å². The average Bonchev–Trinajstić information content (AvgIpc) is 2.71. The highest BCUT2D eigenvalue weighted by atomic mass is 32.2. The predicted molar refractivity (Wildman–Crippen MR) is 71.7 cm³/mol. The van der Waals surface area contributed by atoms with Crippen molar-refractivity contribution in [2.24, 2.45) is 0 Å². The summed E-state index contributed by atoms with van der Waals surface area (Å²) >= 11 is 1.39.